The van der Waals surface area contributed by atoms with Crippen LogP contribution < -0.4 is 5.32 Å². The van der Waals surface area contributed by atoms with Crippen molar-refractivity contribution in [2.24, 2.45) is 0 Å². The SMILES string of the molecule is CCN[C@@H]1CN(Cc2ccccc2)C[C@H]1c1ccc(Cl)c(Cl)c1. The van der Waals surface area contributed by atoms with E-state index in [-0.39, 0.29) is 0 Å². The van der Waals surface area contributed by atoms with Crippen molar-refractivity contribution in [2.45, 2.75) is 25.4 Å². The Labute approximate surface area is 148 Å². The summed E-state index contributed by atoms with van der Waals surface area (Å²) >= 11 is 12.3. The Kier molecular flexibility index (Phi) is 5.60. The minimum absolute atomic E-state index is 0.438. The number of hydrogen-bond acceptors (Lipinski definition) is 2. The molecule has 0 saturated carbocycles. The van der Waals surface area contributed by atoms with Gasteiger partial charge in [-0.05, 0) is 29.8 Å². The fourth-order valence-corrected chi connectivity index (χ4v) is 3.71. The lowest BCUT2D eigenvalue weighted by Crippen LogP contribution is -2.35. The number of nitrogens with zero attached hydrogens (tertiary/aromatic N) is 1. The lowest BCUT2D eigenvalue weighted by atomic mass is 9.94. The van der Waals surface area contributed by atoms with Crippen molar-refractivity contribution in [1.82, 2.24) is 10.2 Å². The molecule has 23 heavy (non-hydrogen) atoms. The van der Waals surface area contributed by atoms with Gasteiger partial charge in [-0.3, -0.25) is 4.90 Å². The van der Waals surface area contributed by atoms with E-state index in [1.54, 1.807) is 0 Å². The number of rotatable bonds is 5. The molecule has 2 aromatic carbocycles. The summed E-state index contributed by atoms with van der Waals surface area (Å²) in [4.78, 5) is 2.51. The molecule has 122 valence electrons. The van der Waals surface area contributed by atoms with E-state index in [1.165, 1.54) is 11.1 Å². The first-order valence-electron chi connectivity index (χ1n) is 8.12. The Morgan fingerprint density at radius 2 is 1.83 bits per heavy atom. The highest BCUT2D eigenvalue weighted by Crippen LogP contribution is 2.32. The van der Waals surface area contributed by atoms with Gasteiger partial charge in [0.2, 0.25) is 0 Å². The molecule has 0 unspecified atom stereocenters. The predicted molar refractivity (Wildman–Crippen MR) is 98.4 cm³/mol. The summed E-state index contributed by atoms with van der Waals surface area (Å²) in [5.41, 5.74) is 2.62. The second-order valence-electron chi connectivity index (χ2n) is 6.12. The van der Waals surface area contributed by atoms with Gasteiger partial charge in [-0.1, -0.05) is 66.5 Å². The molecule has 4 heteroatoms. The van der Waals surface area contributed by atoms with Crippen molar-refractivity contribution in [2.75, 3.05) is 19.6 Å². The number of nitrogens with one attached hydrogen (secondary N) is 1. The lowest BCUT2D eigenvalue weighted by molar-refractivity contribution is 0.319. The van der Waals surface area contributed by atoms with E-state index in [0.29, 0.717) is 22.0 Å². The lowest BCUT2D eigenvalue weighted by Gasteiger charge is -2.19. The van der Waals surface area contributed by atoms with Crippen molar-refractivity contribution >= 4 is 23.2 Å². The molecule has 0 bridgehead atoms. The normalized spacial score (nSPS) is 21.7. The first-order valence-corrected chi connectivity index (χ1v) is 8.87. The molecule has 0 amide bonds. The van der Waals surface area contributed by atoms with Gasteiger partial charge in [-0.25, -0.2) is 0 Å². The average Bonchev–Trinajstić information content (AvgIpc) is 2.94. The number of likely N-dealkylation sites (tertiary alicyclic amines) is 1. The summed E-state index contributed by atoms with van der Waals surface area (Å²) in [7, 11) is 0. The maximum atomic E-state index is 6.22. The highest BCUT2D eigenvalue weighted by Gasteiger charge is 2.33. The van der Waals surface area contributed by atoms with Crippen molar-refractivity contribution in [1.29, 1.82) is 0 Å². The van der Waals surface area contributed by atoms with Crippen LogP contribution in [0.5, 0.6) is 0 Å². The molecule has 0 aliphatic carbocycles. The zero-order valence-corrected chi connectivity index (χ0v) is 14.8. The minimum Gasteiger partial charge on any atom is -0.312 e. The van der Waals surface area contributed by atoms with Crippen molar-refractivity contribution < 1.29 is 0 Å². The van der Waals surface area contributed by atoms with Gasteiger partial charge >= 0.3 is 0 Å². The van der Waals surface area contributed by atoms with E-state index in [0.717, 1.165) is 26.2 Å². The minimum atomic E-state index is 0.438. The fraction of sp³-hybridized carbons (Fsp3) is 0.368. The van der Waals surface area contributed by atoms with Crippen LogP contribution in [0.2, 0.25) is 10.0 Å². The summed E-state index contributed by atoms with van der Waals surface area (Å²) in [5, 5.41) is 4.88. The molecule has 1 N–H and O–H groups in total. The Hall–Kier alpha value is -1.06. The summed E-state index contributed by atoms with van der Waals surface area (Å²) in [6.07, 6.45) is 0. The highest BCUT2D eigenvalue weighted by atomic mass is 35.5. The van der Waals surface area contributed by atoms with Gasteiger partial charge in [0.1, 0.15) is 0 Å². The third-order valence-corrected chi connectivity index (χ3v) is 5.22. The van der Waals surface area contributed by atoms with Crippen LogP contribution in [-0.4, -0.2) is 30.6 Å². The smallest absolute Gasteiger partial charge is 0.0595 e. The summed E-state index contributed by atoms with van der Waals surface area (Å²) in [5.74, 6) is 0.438. The van der Waals surface area contributed by atoms with Crippen LogP contribution in [0, 0.1) is 0 Å². The first kappa shape index (κ1) is 16.8. The molecule has 0 spiro atoms. The number of halogens is 2. The van der Waals surface area contributed by atoms with Crippen LogP contribution in [0.25, 0.3) is 0 Å². The van der Waals surface area contributed by atoms with Crippen molar-refractivity contribution in [3.8, 4) is 0 Å². The maximum absolute atomic E-state index is 6.22. The molecular formula is C19H22Cl2N2. The van der Waals surface area contributed by atoms with E-state index in [4.69, 9.17) is 23.2 Å². The summed E-state index contributed by atoms with van der Waals surface area (Å²) in [6, 6.07) is 17.1. The third-order valence-electron chi connectivity index (χ3n) is 4.48. The number of benzene rings is 2. The molecule has 0 radical (unpaired) electrons. The standard InChI is InChI=1S/C19H22Cl2N2/c1-2-22-19-13-23(11-14-6-4-3-5-7-14)12-16(19)15-8-9-17(20)18(21)10-15/h3-10,16,19,22H,2,11-13H2,1H3/t16-,19+/m0/s1. The largest absolute Gasteiger partial charge is 0.312 e. The molecule has 1 fully saturated rings. The van der Waals surface area contributed by atoms with E-state index in [2.05, 4.69) is 53.5 Å². The zero-order valence-electron chi connectivity index (χ0n) is 13.3. The van der Waals surface area contributed by atoms with Gasteiger partial charge in [0, 0.05) is 31.6 Å². The number of likely N-dealkylation sites (N-methyl/N-ethyl adjacent to an activating group) is 1. The summed E-state index contributed by atoms with van der Waals surface area (Å²) in [6.45, 7) is 6.20. The van der Waals surface area contributed by atoms with Crippen molar-refractivity contribution in [3.63, 3.8) is 0 Å². The molecule has 2 atom stereocenters. The second-order valence-corrected chi connectivity index (χ2v) is 6.94. The van der Waals surface area contributed by atoms with E-state index in [1.807, 2.05) is 12.1 Å². The van der Waals surface area contributed by atoms with Crippen LogP contribution in [0.4, 0.5) is 0 Å². The molecule has 1 aliphatic heterocycles. The third kappa shape index (κ3) is 4.07. The van der Waals surface area contributed by atoms with E-state index < -0.39 is 0 Å². The first-order chi connectivity index (χ1) is 11.2. The maximum Gasteiger partial charge on any atom is 0.0595 e. The fourth-order valence-electron chi connectivity index (χ4n) is 3.41. The van der Waals surface area contributed by atoms with E-state index in [9.17, 15) is 0 Å². The number of hydrogen-bond donors (Lipinski definition) is 1. The van der Waals surface area contributed by atoms with Crippen LogP contribution in [0.3, 0.4) is 0 Å². The molecule has 2 nitrogen and oxygen atoms in total. The molecule has 1 heterocycles. The van der Waals surface area contributed by atoms with Crippen molar-refractivity contribution in [3.05, 3.63) is 69.7 Å². The average molecular weight is 349 g/mol. The van der Waals surface area contributed by atoms with Crippen LogP contribution in [0.1, 0.15) is 24.0 Å². The molecule has 3 rings (SSSR count). The molecule has 1 aliphatic rings. The Balaban J connectivity index is 1.76. The Morgan fingerprint density at radius 1 is 1.04 bits per heavy atom. The zero-order chi connectivity index (χ0) is 16.2. The van der Waals surface area contributed by atoms with E-state index >= 15 is 0 Å². The quantitative estimate of drug-likeness (QED) is 0.851. The van der Waals surface area contributed by atoms with Gasteiger partial charge in [0.25, 0.3) is 0 Å². The van der Waals surface area contributed by atoms with Gasteiger partial charge in [0.15, 0.2) is 0 Å². The van der Waals surface area contributed by atoms with Crippen LogP contribution >= 0.6 is 23.2 Å². The Bertz CT molecular complexity index is 645. The second kappa shape index (κ2) is 7.67. The van der Waals surface area contributed by atoms with Crippen LogP contribution in [0.15, 0.2) is 48.5 Å². The van der Waals surface area contributed by atoms with Gasteiger partial charge in [0.05, 0.1) is 10.0 Å². The molecular weight excluding hydrogens is 327 g/mol. The molecule has 2 aromatic rings. The topological polar surface area (TPSA) is 15.3 Å². The molecule has 1 saturated heterocycles. The monoisotopic (exact) mass is 348 g/mol. The highest BCUT2D eigenvalue weighted by molar-refractivity contribution is 6.42. The Morgan fingerprint density at radius 3 is 2.52 bits per heavy atom. The van der Waals surface area contributed by atoms with Crippen LogP contribution in [-0.2, 0) is 6.54 Å². The van der Waals surface area contributed by atoms with Gasteiger partial charge < -0.3 is 5.32 Å². The summed E-state index contributed by atoms with van der Waals surface area (Å²) < 4.78 is 0. The van der Waals surface area contributed by atoms with Gasteiger partial charge in [-0.2, -0.15) is 0 Å². The van der Waals surface area contributed by atoms with Gasteiger partial charge in [-0.15, -0.1) is 0 Å². The predicted octanol–water partition coefficient (Wildman–Crippen LogP) is 4.57. The molecule has 0 aromatic heterocycles.